The maximum absolute atomic E-state index is 5.78. The highest BCUT2D eigenvalue weighted by atomic mass is 15.0. The number of nitrogen functional groups attached to an aromatic ring is 1. The first kappa shape index (κ1) is 9.72. The van der Waals surface area contributed by atoms with Gasteiger partial charge in [0.1, 0.15) is 0 Å². The molecule has 3 aromatic rings. The van der Waals surface area contributed by atoms with E-state index < -0.39 is 0 Å². The fourth-order valence-corrected chi connectivity index (χ4v) is 1.92. The van der Waals surface area contributed by atoms with E-state index in [1.807, 2.05) is 41.1 Å². The van der Waals surface area contributed by atoms with Crippen molar-refractivity contribution in [1.82, 2.24) is 14.5 Å². The van der Waals surface area contributed by atoms with E-state index >= 15 is 0 Å². The number of hydrogen-bond donors (Lipinski definition) is 2. The third kappa shape index (κ3) is 1.50. The number of fused-ring (bicyclic) bond motifs is 1. The zero-order valence-corrected chi connectivity index (χ0v) is 9.22. The first-order valence-electron chi connectivity index (χ1n) is 5.33. The lowest BCUT2D eigenvalue weighted by atomic mass is 10.3. The number of imidazole rings is 1. The Kier molecular flexibility index (Phi) is 2.01. The summed E-state index contributed by atoms with van der Waals surface area (Å²) in [7, 11) is 0. The first-order chi connectivity index (χ1) is 8.28. The fraction of sp³-hybridized carbons (Fsp3) is 0. The van der Waals surface area contributed by atoms with Crippen molar-refractivity contribution in [2.75, 3.05) is 5.73 Å². The van der Waals surface area contributed by atoms with Crippen LogP contribution < -0.4 is 5.73 Å². The van der Waals surface area contributed by atoms with Crippen molar-refractivity contribution in [3.05, 3.63) is 43.1 Å². The number of aromatic nitrogens is 3. The number of aromatic amines is 1. The Morgan fingerprint density at radius 3 is 2.94 bits per heavy atom. The molecule has 0 aliphatic heterocycles. The number of para-hydroxylation sites is 2. The van der Waals surface area contributed by atoms with E-state index in [-0.39, 0.29) is 0 Å². The number of rotatable bonds is 2. The Labute approximate surface area is 98.4 Å². The van der Waals surface area contributed by atoms with Gasteiger partial charge in [0, 0.05) is 12.4 Å². The van der Waals surface area contributed by atoms with Gasteiger partial charge < -0.3 is 15.3 Å². The van der Waals surface area contributed by atoms with Crippen molar-refractivity contribution in [3.8, 4) is 11.5 Å². The maximum atomic E-state index is 5.78. The Morgan fingerprint density at radius 2 is 2.18 bits per heavy atom. The highest BCUT2D eigenvalue weighted by molar-refractivity contribution is 5.79. The molecule has 0 saturated carbocycles. The van der Waals surface area contributed by atoms with Crippen molar-refractivity contribution < 1.29 is 0 Å². The molecule has 0 atom stereocenters. The maximum Gasteiger partial charge on any atom is 0.155 e. The summed E-state index contributed by atoms with van der Waals surface area (Å²) in [6.07, 6.45) is 3.52. The molecule has 0 amide bonds. The Morgan fingerprint density at radius 1 is 1.35 bits per heavy atom. The van der Waals surface area contributed by atoms with Crippen molar-refractivity contribution in [3.63, 3.8) is 0 Å². The van der Waals surface area contributed by atoms with E-state index in [4.69, 9.17) is 5.73 Å². The molecule has 0 bridgehead atoms. The van der Waals surface area contributed by atoms with Gasteiger partial charge >= 0.3 is 0 Å². The van der Waals surface area contributed by atoms with Crippen LogP contribution in [0.4, 0.5) is 5.69 Å². The smallest absolute Gasteiger partial charge is 0.155 e. The molecule has 17 heavy (non-hydrogen) atoms. The number of benzene rings is 1. The number of nitrogens with zero attached hydrogens (tertiary/aromatic N) is 2. The average molecular weight is 224 g/mol. The molecule has 0 saturated heterocycles. The van der Waals surface area contributed by atoms with Crippen LogP contribution >= 0.6 is 0 Å². The van der Waals surface area contributed by atoms with Crippen LogP contribution in [-0.2, 0) is 0 Å². The largest absolute Gasteiger partial charge is 0.397 e. The van der Waals surface area contributed by atoms with Gasteiger partial charge in [-0.25, -0.2) is 4.98 Å². The molecular weight excluding hydrogens is 212 g/mol. The van der Waals surface area contributed by atoms with Gasteiger partial charge in [-0.15, -0.1) is 0 Å². The minimum absolute atomic E-state index is 0.695. The summed E-state index contributed by atoms with van der Waals surface area (Å²) in [4.78, 5) is 7.79. The Balaban J connectivity index is 2.23. The molecule has 2 aromatic heterocycles. The fourth-order valence-electron chi connectivity index (χ4n) is 1.92. The minimum Gasteiger partial charge on any atom is -0.397 e. The molecule has 3 N–H and O–H groups in total. The van der Waals surface area contributed by atoms with Gasteiger partial charge in [-0.2, -0.15) is 0 Å². The van der Waals surface area contributed by atoms with Crippen molar-refractivity contribution in [1.29, 1.82) is 0 Å². The highest BCUT2D eigenvalue weighted by Gasteiger charge is 2.09. The molecule has 0 aliphatic carbocycles. The van der Waals surface area contributed by atoms with Gasteiger partial charge in [0.15, 0.2) is 5.82 Å². The van der Waals surface area contributed by atoms with Crippen LogP contribution in [0.1, 0.15) is 0 Å². The summed E-state index contributed by atoms with van der Waals surface area (Å²) in [5.41, 5.74) is 9.34. The van der Waals surface area contributed by atoms with Crippen molar-refractivity contribution in [2.24, 2.45) is 0 Å². The topological polar surface area (TPSA) is 59.6 Å². The Hall–Kier alpha value is -2.49. The van der Waals surface area contributed by atoms with Gasteiger partial charge in [-0.1, -0.05) is 18.7 Å². The molecule has 0 spiro atoms. The zero-order valence-electron chi connectivity index (χ0n) is 9.22. The number of nitrogens with two attached hydrogens (primary N) is 1. The average Bonchev–Trinajstić information content (AvgIpc) is 2.91. The van der Waals surface area contributed by atoms with Gasteiger partial charge in [0.25, 0.3) is 0 Å². The summed E-state index contributed by atoms with van der Waals surface area (Å²) in [6.45, 7) is 3.75. The number of hydrogen-bond acceptors (Lipinski definition) is 2. The predicted octanol–water partition coefficient (Wildman–Crippen LogP) is 2.71. The summed E-state index contributed by atoms with van der Waals surface area (Å²) in [6, 6.07) is 9.79. The van der Waals surface area contributed by atoms with Crippen LogP contribution in [0.2, 0.25) is 0 Å². The van der Waals surface area contributed by atoms with E-state index in [1.165, 1.54) is 0 Å². The lowest BCUT2D eigenvalue weighted by Gasteiger charge is -1.98. The molecule has 0 radical (unpaired) electrons. The molecule has 0 unspecified atom stereocenters. The van der Waals surface area contributed by atoms with E-state index in [1.54, 1.807) is 6.20 Å². The number of H-pyrrole nitrogens is 1. The van der Waals surface area contributed by atoms with E-state index in [2.05, 4.69) is 16.5 Å². The molecule has 4 nitrogen and oxygen atoms in total. The van der Waals surface area contributed by atoms with Gasteiger partial charge in [0.05, 0.1) is 22.4 Å². The van der Waals surface area contributed by atoms with E-state index in [9.17, 15) is 0 Å². The van der Waals surface area contributed by atoms with Crippen LogP contribution in [0.5, 0.6) is 0 Å². The monoisotopic (exact) mass is 224 g/mol. The molecule has 0 fully saturated rings. The van der Waals surface area contributed by atoms with E-state index in [0.29, 0.717) is 5.69 Å². The molecule has 0 aliphatic rings. The summed E-state index contributed by atoms with van der Waals surface area (Å²) >= 11 is 0. The van der Waals surface area contributed by atoms with Crippen LogP contribution in [0.3, 0.4) is 0 Å². The first-order valence-corrected chi connectivity index (χ1v) is 5.33. The van der Waals surface area contributed by atoms with Crippen molar-refractivity contribution in [2.45, 2.75) is 0 Å². The van der Waals surface area contributed by atoms with E-state index in [0.717, 1.165) is 22.6 Å². The Bertz CT molecular complexity index is 657. The van der Waals surface area contributed by atoms with Crippen LogP contribution in [-0.4, -0.2) is 14.5 Å². The molecule has 84 valence electrons. The third-order valence-electron chi connectivity index (χ3n) is 2.70. The molecule has 4 heteroatoms. The summed E-state index contributed by atoms with van der Waals surface area (Å²) in [5.74, 6) is 0.794. The molecular formula is C13H12N4. The zero-order chi connectivity index (χ0) is 11.8. The SMILES string of the molecule is C=Cn1cc(N)cc1-c1nc2ccccc2[nH]1. The second kappa shape index (κ2) is 3.52. The summed E-state index contributed by atoms with van der Waals surface area (Å²) < 4.78 is 1.85. The van der Waals surface area contributed by atoms with Crippen LogP contribution in [0.25, 0.3) is 28.8 Å². The normalized spacial score (nSPS) is 10.8. The molecule has 3 rings (SSSR count). The quantitative estimate of drug-likeness (QED) is 0.703. The van der Waals surface area contributed by atoms with Gasteiger partial charge in [0.2, 0.25) is 0 Å². The minimum atomic E-state index is 0.695. The highest BCUT2D eigenvalue weighted by Crippen LogP contribution is 2.23. The van der Waals surface area contributed by atoms with Crippen molar-refractivity contribution >= 4 is 22.9 Å². The molecule has 2 heterocycles. The van der Waals surface area contributed by atoms with Crippen LogP contribution in [0, 0.1) is 0 Å². The van der Waals surface area contributed by atoms with Gasteiger partial charge in [-0.3, -0.25) is 0 Å². The second-order valence-electron chi connectivity index (χ2n) is 3.85. The standard InChI is InChI=1S/C13H12N4/c1-2-17-8-9(14)7-12(17)13-15-10-5-3-4-6-11(10)16-13/h2-8H,1,14H2,(H,15,16). The number of nitrogens with one attached hydrogen (secondary N) is 1. The lowest BCUT2D eigenvalue weighted by molar-refractivity contribution is 1.14. The lowest BCUT2D eigenvalue weighted by Crippen LogP contribution is -1.88. The summed E-state index contributed by atoms with van der Waals surface area (Å²) in [5, 5.41) is 0. The second-order valence-corrected chi connectivity index (χ2v) is 3.85. The molecule has 1 aromatic carbocycles. The van der Waals surface area contributed by atoms with Gasteiger partial charge in [-0.05, 0) is 18.2 Å². The van der Waals surface area contributed by atoms with Crippen LogP contribution in [0.15, 0.2) is 43.1 Å². The number of anilines is 1. The third-order valence-corrected chi connectivity index (χ3v) is 2.70. The predicted molar refractivity (Wildman–Crippen MR) is 70.3 cm³/mol.